The molecule has 2 aliphatic rings. The quantitative estimate of drug-likeness (QED) is 0.536. The summed E-state index contributed by atoms with van der Waals surface area (Å²) in [6.07, 6.45) is 8.86. The number of allylic oxidation sites excluding steroid dienone is 3. The highest BCUT2D eigenvalue weighted by atomic mass is 16.5. The Bertz CT molecular complexity index is 302. The van der Waals surface area contributed by atoms with E-state index < -0.39 is 6.04 Å². The minimum atomic E-state index is -0.583. The molecule has 0 aromatic carbocycles. The van der Waals surface area contributed by atoms with Crippen molar-refractivity contribution in [3.63, 3.8) is 0 Å². The zero-order chi connectivity index (χ0) is 8.55. The molecule has 1 aliphatic heterocycles. The molecular formula is C9H8NO2-. The van der Waals surface area contributed by atoms with Crippen LogP contribution in [0.3, 0.4) is 0 Å². The molecule has 0 amide bonds. The van der Waals surface area contributed by atoms with Gasteiger partial charge < -0.3 is 10.3 Å². The van der Waals surface area contributed by atoms with Crippen molar-refractivity contribution in [1.29, 1.82) is 0 Å². The first-order chi connectivity index (χ1) is 5.79. The Morgan fingerprint density at radius 3 is 3.17 bits per heavy atom. The standard InChI is InChI=1S/C9H8NO2/c11-8-5-1-3-7-4-2-6-10(12)9(7)8/h1-2,4-6,9H,3H2/q-1. The molecule has 12 heavy (non-hydrogen) atoms. The molecule has 0 spiro atoms. The molecule has 0 bridgehead atoms. The third kappa shape index (κ3) is 0.987. The molecule has 1 unspecified atom stereocenters. The number of carbonyl (C=O) groups is 1. The molecule has 0 aromatic heterocycles. The van der Waals surface area contributed by atoms with E-state index in [1.165, 1.54) is 12.3 Å². The van der Waals surface area contributed by atoms with Crippen molar-refractivity contribution in [1.82, 2.24) is 5.06 Å². The fourth-order valence-corrected chi connectivity index (χ4v) is 1.48. The van der Waals surface area contributed by atoms with Gasteiger partial charge in [0.1, 0.15) is 6.04 Å². The fraction of sp³-hybridized carbons (Fsp3) is 0.222. The third-order valence-corrected chi connectivity index (χ3v) is 2.05. The van der Waals surface area contributed by atoms with E-state index in [0.29, 0.717) is 11.5 Å². The normalized spacial score (nSPS) is 27.1. The molecule has 2 rings (SSSR count). The lowest BCUT2D eigenvalue weighted by molar-refractivity contribution is -0.117. The zero-order valence-corrected chi connectivity index (χ0v) is 6.43. The number of fused-ring (bicyclic) bond motifs is 1. The minimum Gasteiger partial charge on any atom is -0.758 e. The second-order valence-electron chi connectivity index (χ2n) is 2.85. The van der Waals surface area contributed by atoms with Gasteiger partial charge in [0, 0.05) is 0 Å². The first kappa shape index (κ1) is 7.31. The Balaban J connectivity index is 2.38. The van der Waals surface area contributed by atoms with Gasteiger partial charge in [-0.05, 0) is 30.3 Å². The van der Waals surface area contributed by atoms with E-state index >= 15 is 0 Å². The fourth-order valence-electron chi connectivity index (χ4n) is 1.48. The Kier molecular flexibility index (Phi) is 1.59. The highest BCUT2D eigenvalue weighted by molar-refractivity contribution is 5.98. The Labute approximate surface area is 70.2 Å². The van der Waals surface area contributed by atoms with E-state index in [0.717, 1.165) is 5.57 Å². The topological polar surface area (TPSA) is 43.4 Å². The summed E-state index contributed by atoms with van der Waals surface area (Å²) < 4.78 is 0. The highest BCUT2D eigenvalue weighted by Crippen LogP contribution is 2.23. The smallest absolute Gasteiger partial charge is 0.181 e. The molecule has 0 radical (unpaired) electrons. The van der Waals surface area contributed by atoms with Crippen molar-refractivity contribution in [3.8, 4) is 0 Å². The molecule has 0 aromatic rings. The van der Waals surface area contributed by atoms with Gasteiger partial charge in [0.2, 0.25) is 0 Å². The SMILES string of the molecule is O=C1C=CCC2=CC=CN([O-])C12. The predicted octanol–water partition coefficient (Wildman–Crippen LogP) is 1.14. The van der Waals surface area contributed by atoms with Gasteiger partial charge >= 0.3 is 0 Å². The number of hydroxylamine groups is 2. The van der Waals surface area contributed by atoms with Crippen LogP contribution in [0.2, 0.25) is 0 Å². The predicted molar refractivity (Wildman–Crippen MR) is 45.0 cm³/mol. The maximum Gasteiger partial charge on any atom is 0.181 e. The second kappa shape index (κ2) is 2.60. The molecular weight excluding hydrogens is 154 g/mol. The van der Waals surface area contributed by atoms with Crippen LogP contribution in [-0.4, -0.2) is 16.9 Å². The molecule has 3 nitrogen and oxygen atoms in total. The van der Waals surface area contributed by atoms with E-state index in [1.807, 2.05) is 6.08 Å². The first-order valence-electron chi connectivity index (χ1n) is 3.82. The molecule has 3 heteroatoms. The molecule has 1 aliphatic carbocycles. The summed E-state index contributed by atoms with van der Waals surface area (Å²) >= 11 is 0. The third-order valence-electron chi connectivity index (χ3n) is 2.05. The summed E-state index contributed by atoms with van der Waals surface area (Å²) in [6.45, 7) is 0. The lowest BCUT2D eigenvalue weighted by Crippen LogP contribution is -2.37. The Morgan fingerprint density at radius 2 is 2.42 bits per heavy atom. The van der Waals surface area contributed by atoms with Gasteiger partial charge in [0.05, 0.1) is 0 Å². The van der Waals surface area contributed by atoms with Gasteiger partial charge in [-0.15, -0.1) is 0 Å². The van der Waals surface area contributed by atoms with Gasteiger partial charge in [-0.3, -0.25) is 4.79 Å². The number of rotatable bonds is 0. The van der Waals surface area contributed by atoms with Crippen molar-refractivity contribution in [2.75, 3.05) is 0 Å². The second-order valence-corrected chi connectivity index (χ2v) is 2.85. The summed E-state index contributed by atoms with van der Waals surface area (Å²) in [6, 6.07) is -0.583. The van der Waals surface area contributed by atoms with E-state index in [2.05, 4.69) is 0 Å². The number of hydrogen-bond donors (Lipinski definition) is 0. The summed E-state index contributed by atoms with van der Waals surface area (Å²) in [5, 5.41) is 11.9. The summed E-state index contributed by atoms with van der Waals surface area (Å²) in [7, 11) is 0. The molecule has 0 saturated carbocycles. The van der Waals surface area contributed by atoms with Gasteiger partial charge in [0.25, 0.3) is 0 Å². The number of nitrogens with zero attached hydrogens (tertiary/aromatic N) is 1. The largest absolute Gasteiger partial charge is 0.758 e. The van der Waals surface area contributed by atoms with Gasteiger partial charge in [-0.2, -0.15) is 0 Å². The van der Waals surface area contributed by atoms with Crippen LogP contribution in [0.15, 0.2) is 36.1 Å². The average Bonchev–Trinajstić information content (AvgIpc) is 2.04. The number of carbonyl (C=O) groups excluding carboxylic acids is 1. The van der Waals surface area contributed by atoms with Gasteiger partial charge in [-0.25, -0.2) is 0 Å². The van der Waals surface area contributed by atoms with E-state index in [9.17, 15) is 10.0 Å². The number of ketones is 1. The van der Waals surface area contributed by atoms with Crippen LogP contribution in [0.5, 0.6) is 0 Å². The first-order valence-corrected chi connectivity index (χ1v) is 3.82. The van der Waals surface area contributed by atoms with E-state index in [4.69, 9.17) is 0 Å². The van der Waals surface area contributed by atoms with Crippen LogP contribution in [0.25, 0.3) is 0 Å². The summed E-state index contributed by atoms with van der Waals surface area (Å²) in [5.74, 6) is -0.119. The van der Waals surface area contributed by atoms with Crippen LogP contribution >= 0.6 is 0 Å². The molecule has 0 fully saturated rings. The van der Waals surface area contributed by atoms with Crippen LogP contribution in [0.1, 0.15) is 6.42 Å². The lowest BCUT2D eigenvalue weighted by Gasteiger charge is -2.39. The van der Waals surface area contributed by atoms with Gasteiger partial charge in [-0.1, -0.05) is 12.2 Å². The molecule has 1 atom stereocenters. The van der Waals surface area contributed by atoms with Crippen LogP contribution in [-0.2, 0) is 4.79 Å². The van der Waals surface area contributed by atoms with Crippen LogP contribution in [0, 0.1) is 5.21 Å². The molecule has 1 heterocycles. The van der Waals surface area contributed by atoms with Crippen molar-refractivity contribution < 1.29 is 4.79 Å². The zero-order valence-electron chi connectivity index (χ0n) is 6.43. The van der Waals surface area contributed by atoms with E-state index in [1.54, 1.807) is 12.2 Å². The van der Waals surface area contributed by atoms with Crippen molar-refractivity contribution >= 4 is 5.78 Å². The molecule has 0 saturated heterocycles. The molecule has 62 valence electrons. The summed E-state index contributed by atoms with van der Waals surface area (Å²) in [5.41, 5.74) is 0.889. The van der Waals surface area contributed by atoms with Crippen molar-refractivity contribution in [2.45, 2.75) is 12.5 Å². The maximum atomic E-state index is 11.2. The number of hydrogen-bond acceptors (Lipinski definition) is 3. The molecule has 0 N–H and O–H groups in total. The van der Waals surface area contributed by atoms with E-state index in [-0.39, 0.29) is 5.78 Å². The van der Waals surface area contributed by atoms with Crippen LogP contribution in [0.4, 0.5) is 0 Å². The lowest BCUT2D eigenvalue weighted by atomic mass is 9.92. The monoisotopic (exact) mass is 162 g/mol. The van der Waals surface area contributed by atoms with Gasteiger partial charge in [0.15, 0.2) is 5.78 Å². The average molecular weight is 162 g/mol. The maximum absolute atomic E-state index is 11.2. The Morgan fingerprint density at radius 1 is 1.58 bits per heavy atom. The summed E-state index contributed by atoms with van der Waals surface area (Å²) in [4.78, 5) is 11.2. The Hall–Kier alpha value is -1.35. The highest BCUT2D eigenvalue weighted by Gasteiger charge is 2.24. The van der Waals surface area contributed by atoms with Crippen LogP contribution < -0.4 is 0 Å². The van der Waals surface area contributed by atoms with Crippen molar-refractivity contribution in [2.24, 2.45) is 0 Å². The minimum absolute atomic E-state index is 0.119. The van der Waals surface area contributed by atoms with Crippen molar-refractivity contribution in [3.05, 3.63) is 41.3 Å².